The van der Waals surface area contributed by atoms with Crippen molar-refractivity contribution in [2.24, 2.45) is 5.41 Å². The van der Waals surface area contributed by atoms with Crippen LogP contribution in [0, 0.1) is 17.8 Å². The highest BCUT2D eigenvalue weighted by Crippen LogP contribution is 2.52. The van der Waals surface area contributed by atoms with E-state index in [2.05, 4.69) is 5.92 Å². The van der Waals surface area contributed by atoms with Crippen molar-refractivity contribution in [3.63, 3.8) is 0 Å². The maximum absolute atomic E-state index is 13.7. The van der Waals surface area contributed by atoms with E-state index in [1.165, 1.54) is 24.3 Å². The zero-order chi connectivity index (χ0) is 20.6. The van der Waals surface area contributed by atoms with Gasteiger partial charge in [0.15, 0.2) is 23.8 Å². The van der Waals surface area contributed by atoms with Gasteiger partial charge in [-0.05, 0) is 24.3 Å². The van der Waals surface area contributed by atoms with Crippen LogP contribution in [0.3, 0.4) is 0 Å². The summed E-state index contributed by atoms with van der Waals surface area (Å²) in [5, 5.41) is 0. The smallest absolute Gasteiger partial charge is 0.200 e. The Balaban J connectivity index is 2.30. The molecule has 0 bridgehead atoms. The summed E-state index contributed by atoms with van der Waals surface area (Å²) < 4.78 is 52.8. The van der Waals surface area contributed by atoms with E-state index in [0.717, 1.165) is 5.57 Å². The molecule has 2 aromatic rings. The number of hydrogen-bond donors (Lipinski definition) is 0. The van der Waals surface area contributed by atoms with Crippen LogP contribution in [-0.4, -0.2) is 20.9 Å². The molecule has 0 unspecified atom stereocenters. The first-order valence-electron chi connectivity index (χ1n) is 8.83. The molecule has 6 heteroatoms. The van der Waals surface area contributed by atoms with Gasteiger partial charge in [-0.3, -0.25) is 0 Å². The van der Waals surface area contributed by atoms with Gasteiger partial charge < -0.3 is 0 Å². The molecule has 2 aromatic carbocycles. The topological polar surface area (TPSA) is 68.3 Å². The molecule has 4 nitrogen and oxygen atoms in total. The molecule has 0 spiro atoms. The summed E-state index contributed by atoms with van der Waals surface area (Å²) in [6, 6.07) is 15.3. The van der Waals surface area contributed by atoms with Gasteiger partial charge in [-0.15, -0.1) is 12.3 Å². The van der Waals surface area contributed by atoms with Gasteiger partial charge in [-0.25, -0.2) is 16.8 Å². The predicted molar refractivity (Wildman–Crippen MR) is 110 cm³/mol. The largest absolute Gasteiger partial charge is 0.222 e. The van der Waals surface area contributed by atoms with Crippen LogP contribution in [-0.2, 0) is 19.7 Å². The molecule has 1 aliphatic rings. The van der Waals surface area contributed by atoms with Crippen LogP contribution < -0.4 is 0 Å². The van der Waals surface area contributed by atoms with Crippen molar-refractivity contribution < 1.29 is 16.8 Å². The van der Waals surface area contributed by atoms with Crippen LogP contribution in [0.4, 0.5) is 0 Å². The van der Waals surface area contributed by atoms with Gasteiger partial charge in [0.2, 0.25) is 0 Å². The fourth-order valence-electron chi connectivity index (χ4n) is 3.34. The van der Waals surface area contributed by atoms with Crippen molar-refractivity contribution in [1.29, 1.82) is 0 Å². The van der Waals surface area contributed by atoms with Crippen LogP contribution >= 0.6 is 0 Å². The molecule has 0 N–H and O–H groups in total. The second kappa shape index (κ2) is 6.91. The van der Waals surface area contributed by atoms with E-state index in [9.17, 15) is 16.8 Å². The molecular weight excluding hydrogens is 392 g/mol. The quantitative estimate of drug-likeness (QED) is 0.507. The number of hydrogen-bond acceptors (Lipinski definition) is 4. The molecule has 1 aliphatic carbocycles. The van der Waals surface area contributed by atoms with Gasteiger partial charge in [0, 0.05) is 18.3 Å². The van der Waals surface area contributed by atoms with Gasteiger partial charge in [-0.1, -0.05) is 61.9 Å². The monoisotopic (exact) mass is 414 g/mol. The summed E-state index contributed by atoms with van der Waals surface area (Å²) in [6.07, 6.45) is 6.83. The van der Waals surface area contributed by atoms with Gasteiger partial charge in [0.1, 0.15) is 0 Å². The molecule has 146 valence electrons. The van der Waals surface area contributed by atoms with Crippen molar-refractivity contribution in [3.05, 3.63) is 72.3 Å². The second-order valence-corrected chi connectivity index (χ2v) is 12.3. The SMILES string of the molecule is C#CCC(CC1=CC1(C)C)(S(=O)(=O)c1ccccc1)S(=O)(=O)c1ccccc1. The maximum Gasteiger partial charge on any atom is 0.200 e. The molecule has 0 fully saturated rings. The van der Waals surface area contributed by atoms with Crippen molar-refractivity contribution in [3.8, 4) is 12.3 Å². The fourth-order valence-corrected chi connectivity index (χ4v) is 8.20. The molecule has 0 aromatic heterocycles. The lowest BCUT2D eigenvalue weighted by atomic mass is 10.0. The molecule has 0 heterocycles. The highest BCUT2D eigenvalue weighted by atomic mass is 32.3. The summed E-state index contributed by atoms with van der Waals surface area (Å²) >= 11 is 0. The van der Waals surface area contributed by atoms with Crippen LogP contribution in [0.5, 0.6) is 0 Å². The third kappa shape index (κ3) is 3.19. The number of benzene rings is 2. The van der Waals surface area contributed by atoms with E-state index in [1.807, 2.05) is 19.9 Å². The van der Waals surface area contributed by atoms with Gasteiger partial charge >= 0.3 is 0 Å². The maximum atomic E-state index is 13.7. The summed E-state index contributed by atoms with van der Waals surface area (Å²) in [4.78, 5) is -0.104. The summed E-state index contributed by atoms with van der Waals surface area (Å²) in [6.45, 7) is 3.85. The van der Waals surface area contributed by atoms with E-state index in [1.54, 1.807) is 36.4 Å². The van der Waals surface area contributed by atoms with E-state index in [-0.39, 0.29) is 21.6 Å². The molecule has 0 saturated heterocycles. The van der Waals surface area contributed by atoms with Crippen molar-refractivity contribution in [2.75, 3.05) is 0 Å². The lowest BCUT2D eigenvalue weighted by Crippen LogP contribution is -2.46. The van der Waals surface area contributed by atoms with Crippen molar-refractivity contribution >= 4 is 19.7 Å². The van der Waals surface area contributed by atoms with E-state index in [4.69, 9.17) is 6.42 Å². The summed E-state index contributed by atoms with van der Waals surface area (Å²) in [5.74, 6) is 2.34. The Morgan fingerprint density at radius 2 is 1.25 bits per heavy atom. The number of allylic oxidation sites excluding steroid dienone is 2. The first-order valence-corrected chi connectivity index (χ1v) is 11.8. The average Bonchev–Trinajstić information content (AvgIpc) is 3.28. The molecule has 28 heavy (non-hydrogen) atoms. The first kappa shape index (κ1) is 20.4. The molecule has 0 amide bonds. The highest BCUT2D eigenvalue weighted by molar-refractivity contribution is 8.10. The van der Waals surface area contributed by atoms with Crippen molar-refractivity contribution in [1.82, 2.24) is 0 Å². The summed E-state index contributed by atoms with van der Waals surface area (Å²) in [7, 11) is -8.61. The normalized spacial score (nSPS) is 16.1. The second-order valence-electron chi connectivity index (χ2n) is 7.49. The Morgan fingerprint density at radius 1 is 0.857 bits per heavy atom. The lowest BCUT2D eigenvalue weighted by molar-refractivity contribution is 0.530. The molecule has 0 saturated carbocycles. The standard InChI is InChI=1S/C22H22O4S2/c1-4-15-22(17-18-16-21(18,2)3,27(23,24)19-11-7-5-8-12-19)28(25,26)20-13-9-6-10-14-20/h1,5-14,16H,15,17H2,2-3H3. The molecular formula is C22H22O4S2. The number of sulfone groups is 2. The van der Waals surface area contributed by atoms with E-state index in [0.29, 0.717) is 0 Å². The Kier molecular flexibility index (Phi) is 5.03. The van der Waals surface area contributed by atoms with E-state index < -0.39 is 30.2 Å². The predicted octanol–water partition coefficient (Wildman–Crippen LogP) is 4.01. The lowest BCUT2D eigenvalue weighted by Gasteiger charge is -2.32. The average molecular weight is 415 g/mol. The summed E-state index contributed by atoms with van der Waals surface area (Å²) in [5.41, 5.74) is 0.472. The molecule has 0 radical (unpaired) electrons. The van der Waals surface area contributed by atoms with Crippen molar-refractivity contribution in [2.45, 2.75) is 40.6 Å². The molecule has 3 rings (SSSR count). The third-order valence-corrected chi connectivity index (χ3v) is 10.8. The fraction of sp³-hybridized carbons (Fsp3) is 0.273. The minimum atomic E-state index is -4.31. The first-order chi connectivity index (χ1) is 13.1. The Morgan fingerprint density at radius 3 is 1.57 bits per heavy atom. The zero-order valence-electron chi connectivity index (χ0n) is 15.8. The van der Waals surface area contributed by atoms with Crippen LogP contribution in [0.15, 0.2) is 82.1 Å². The van der Waals surface area contributed by atoms with Crippen LogP contribution in [0.2, 0.25) is 0 Å². The minimum Gasteiger partial charge on any atom is -0.222 e. The van der Waals surface area contributed by atoms with Gasteiger partial charge in [-0.2, -0.15) is 0 Å². The van der Waals surface area contributed by atoms with Crippen LogP contribution in [0.1, 0.15) is 26.7 Å². The van der Waals surface area contributed by atoms with Crippen LogP contribution in [0.25, 0.3) is 0 Å². The minimum absolute atomic E-state index is 0.0520. The highest BCUT2D eigenvalue weighted by Gasteiger charge is 2.58. The Bertz CT molecular complexity index is 1080. The molecule has 0 atom stereocenters. The Hall–Kier alpha value is -2.36. The number of rotatable bonds is 7. The molecule has 0 aliphatic heterocycles. The van der Waals surface area contributed by atoms with Gasteiger partial charge in [0.05, 0.1) is 9.79 Å². The third-order valence-electron chi connectivity index (χ3n) is 5.20. The van der Waals surface area contributed by atoms with Gasteiger partial charge in [0.25, 0.3) is 0 Å². The van der Waals surface area contributed by atoms with E-state index >= 15 is 0 Å². The number of terminal acetylenes is 1. The Labute approximate surface area is 167 Å². The zero-order valence-corrected chi connectivity index (χ0v) is 17.4.